The number of phenols is 1. The van der Waals surface area contributed by atoms with Gasteiger partial charge in [0.15, 0.2) is 0 Å². The van der Waals surface area contributed by atoms with E-state index in [2.05, 4.69) is 6.92 Å². The van der Waals surface area contributed by atoms with E-state index in [1.807, 2.05) is 24.3 Å². The minimum absolute atomic E-state index is 0.313. The summed E-state index contributed by atoms with van der Waals surface area (Å²) in [6, 6.07) is 11.4. The summed E-state index contributed by atoms with van der Waals surface area (Å²) in [6.45, 7) is 2.23. The first-order chi connectivity index (χ1) is 13.4. The summed E-state index contributed by atoms with van der Waals surface area (Å²) in [7, 11) is -4.46. The molecule has 28 heavy (non-hydrogen) atoms. The van der Waals surface area contributed by atoms with E-state index in [0.717, 1.165) is 24.5 Å². The number of rotatable bonds is 12. The van der Waals surface area contributed by atoms with Crippen LogP contribution in [0.3, 0.4) is 0 Å². The van der Waals surface area contributed by atoms with Crippen LogP contribution < -0.4 is 4.74 Å². The van der Waals surface area contributed by atoms with Gasteiger partial charge in [-0.25, -0.2) is 0 Å². The summed E-state index contributed by atoms with van der Waals surface area (Å²) < 4.78 is 37.3. The highest BCUT2D eigenvalue weighted by Gasteiger charge is 2.16. The maximum absolute atomic E-state index is 11.2. The predicted octanol–water partition coefficient (Wildman–Crippen LogP) is 6.11. The minimum atomic E-state index is -4.46. The Morgan fingerprint density at radius 1 is 0.893 bits per heavy atom. The van der Waals surface area contributed by atoms with E-state index in [1.165, 1.54) is 57.1 Å². The van der Waals surface area contributed by atoms with Gasteiger partial charge in [-0.1, -0.05) is 70.1 Å². The van der Waals surface area contributed by atoms with Crippen LogP contribution in [0, 0.1) is 0 Å². The standard InChI is InChI=1S/C22H30O5S/c1-2-3-4-5-6-7-8-9-12-18-13-10-11-14-21(18)27-19-15-16-22(20(23)17-19)28(24,25)26/h10-11,13-17,23H,2-9,12H2,1H3,(H,24,25,26). The fraction of sp³-hybridized carbons (Fsp3) is 0.455. The number of benzene rings is 2. The average molecular weight is 407 g/mol. The van der Waals surface area contributed by atoms with Crippen molar-refractivity contribution < 1.29 is 22.8 Å². The lowest BCUT2D eigenvalue weighted by Crippen LogP contribution is -1.99. The largest absolute Gasteiger partial charge is 0.506 e. The van der Waals surface area contributed by atoms with Gasteiger partial charge in [-0.15, -0.1) is 0 Å². The molecule has 0 unspecified atom stereocenters. The van der Waals surface area contributed by atoms with E-state index < -0.39 is 20.8 Å². The lowest BCUT2D eigenvalue weighted by Gasteiger charge is -2.12. The van der Waals surface area contributed by atoms with Gasteiger partial charge in [0.05, 0.1) is 0 Å². The van der Waals surface area contributed by atoms with Crippen molar-refractivity contribution in [1.82, 2.24) is 0 Å². The van der Waals surface area contributed by atoms with Crippen molar-refractivity contribution in [3.8, 4) is 17.2 Å². The van der Waals surface area contributed by atoms with Crippen LogP contribution in [0.15, 0.2) is 47.4 Å². The number of aromatic hydroxyl groups is 1. The van der Waals surface area contributed by atoms with E-state index >= 15 is 0 Å². The molecular formula is C22H30O5S. The molecular weight excluding hydrogens is 376 g/mol. The first kappa shape index (κ1) is 22.2. The monoisotopic (exact) mass is 406 g/mol. The van der Waals surface area contributed by atoms with Crippen LogP contribution >= 0.6 is 0 Å². The van der Waals surface area contributed by atoms with Gasteiger partial charge in [-0.3, -0.25) is 4.55 Å². The van der Waals surface area contributed by atoms with Gasteiger partial charge in [0, 0.05) is 6.07 Å². The quantitative estimate of drug-likeness (QED) is 0.328. The van der Waals surface area contributed by atoms with Gasteiger partial charge in [0.25, 0.3) is 10.1 Å². The summed E-state index contributed by atoms with van der Waals surface area (Å²) in [5.41, 5.74) is 1.08. The van der Waals surface area contributed by atoms with Gasteiger partial charge in [0.2, 0.25) is 0 Å². The molecule has 0 amide bonds. The van der Waals surface area contributed by atoms with Gasteiger partial charge in [0.1, 0.15) is 22.1 Å². The van der Waals surface area contributed by atoms with Crippen molar-refractivity contribution >= 4 is 10.1 Å². The van der Waals surface area contributed by atoms with Crippen molar-refractivity contribution in [2.75, 3.05) is 0 Å². The molecule has 2 rings (SSSR count). The molecule has 2 N–H and O–H groups in total. The number of ether oxygens (including phenoxy) is 1. The number of hydrogen-bond acceptors (Lipinski definition) is 4. The van der Waals surface area contributed by atoms with E-state index in [9.17, 15) is 13.5 Å². The molecule has 0 heterocycles. The molecule has 2 aromatic carbocycles. The molecule has 0 atom stereocenters. The maximum Gasteiger partial charge on any atom is 0.298 e. The Labute approximate surface area is 168 Å². The highest BCUT2D eigenvalue weighted by atomic mass is 32.2. The molecule has 6 heteroatoms. The Balaban J connectivity index is 1.91. The summed E-state index contributed by atoms with van der Waals surface area (Å²) in [6.07, 6.45) is 11.0. The normalized spacial score (nSPS) is 11.5. The Kier molecular flexibility index (Phi) is 8.80. The molecule has 0 aliphatic heterocycles. The van der Waals surface area contributed by atoms with E-state index in [-0.39, 0.29) is 0 Å². The molecule has 0 bridgehead atoms. The third-order valence-electron chi connectivity index (χ3n) is 4.71. The summed E-state index contributed by atoms with van der Waals surface area (Å²) in [5.74, 6) is 0.457. The second-order valence-corrected chi connectivity index (χ2v) is 8.43. The Morgan fingerprint density at radius 3 is 2.18 bits per heavy atom. The molecule has 0 fully saturated rings. The lowest BCUT2D eigenvalue weighted by molar-refractivity contribution is 0.432. The number of para-hydroxylation sites is 1. The Bertz CT molecular complexity index is 846. The van der Waals surface area contributed by atoms with Crippen LogP contribution in [0.2, 0.25) is 0 Å². The predicted molar refractivity (Wildman–Crippen MR) is 111 cm³/mol. The molecule has 0 aliphatic rings. The first-order valence-electron chi connectivity index (χ1n) is 9.98. The Morgan fingerprint density at radius 2 is 1.54 bits per heavy atom. The van der Waals surface area contributed by atoms with Crippen LogP contribution in [0.4, 0.5) is 0 Å². The second-order valence-electron chi connectivity index (χ2n) is 7.04. The maximum atomic E-state index is 11.2. The molecule has 154 valence electrons. The third kappa shape index (κ3) is 7.17. The molecule has 5 nitrogen and oxygen atoms in total. The third-order valence-corrected chi connectivity index (χ3v) is 5.61. The van der Waals surface area contributed by atoms with Gasteiger partial charge in [-0.05, 0) is 36.6 Å². The number of aryl methyl sites for hydroxylation is 1. The zero-order valence-corrected chi connectivity index (χ0v) is 17.2. The fourth-order valence-electron chi connectivity index (χ4n) is 3.17. The van der Waals surface area contributed by atoms with Crippen LogP contribution in [0.25, 0.3) is 0 Å². The first-order valence-corrected chi connectivity index (χ1v) is 11.4. The molecule has 0 saturated carbocycles. The van der Waals surface area contributed by atoms with Crippen molar-refractivity contribution in [2.45, 2.75) is 69.6 Å². The number of unbranched alkanes of at least 4 members (excludes halogenated alkanes) is 7. The minimum Gasteiger partial charge on any atom is -0.506 e. The van der Waals surface area contributed by atoms with Gasteiger partial charge in [-0.2, -0.15) is 8.42 Å². The van der Waals surface area contributed by atoms with Gasteiger partial charge >= 0.3 is 0 Å². The van der Waals surface area contributed by atoms with Crippen molar-refractivity contribution in [2.24, 2.45) is 0 Å². The zero-order valence-electron chi connectivity index (χ0n) is 16.4. The summed E-state index contributed by atoms with van der Waals surface area (Å²) >= 11 is 0. The number of hydrogen-bond donors (Lipinski definition) is 2. The molecule has 0 aromatic heterocycles. The van der Waals surface area contributed by atoms with Gasteiger partial charge < -0.3 is 9.84 Å². The summed E-state index contributed by atoms with van der Waals surface area (Å²) in [4.78, 5) is -0.535. The number of phenolic OH excluding ortho intramolecular Hbond substituents is 1. The highest BCUT2D eigenvalue weighted by Crippen LogP contribution is 2.32. The molecule has 0 spiro atoms. The SMILES string of the molecule is CCCCCCCCCCc1ccccc1Oc1ccc(S(=O)(=O)O)c(O)c1. The van der Waals surface area contributed by atoms with Crippen LogP contribution in [0.1, 0.15) is 63.9 Å². The fourth-order valence-corrected chi connectivity index (χ4v) is 3.73. The van der Waals surface area contributed by atoms with Crippen molar-refractivity contribution in [3.05, 3.63) is 48.0 Å². The van der Waals surface area contributed by atoms with Crippen LogP contribution in [-0.4, -0.2) is 18.1 Å². The highest BCUT2D eigenvalue weighted by molar-refractivity contribution is 7.86. The molecule has 0 radical (unpaired) electrons. The van der Waals surface area contributed by atoms with E-state index in [4.69, 9.17) is 9.29 Å². The van der Waals surface area contributed by atoms with Crippen molar-refractivity contribution in [3.63, 3.8) is 0 Å². The second kappa shape index (κ2) is 11.1. The van der Waals surface area contributed by atoms with Crippen LogP contribution in [0.5, 0.6) is 17.2 Å². The molecule has 2 aromatic rings. The van der Waals surface area contributed by atoms with E-state index in [0.29, 0.717) is 11.5 Å². The smallest absolute Gasteiger partial charge is 0.298 e. The molecule has 0 aliphatic carbocycles. The zero-order chi connectivity index (χ0) is 20.4. The summed E-state index contributed by atoms with van der Waals surface area (Å²) in [5, 5.41) is 9.83. The van der Waals surface area contributed by atoms with Crippen LogP contribution in [-0.2, 0) is 16.5 Å². The average Bonchev–Trinajstić information content (AvgIpc) is 2.64. The lowest BCUT2D eigenvalue weighted by atomic mass is 10.0. The van der Waals surface area contributed by atoms with Crippen molar-refractivity contribution in [1.29, 1.82) is 0 Å². The topological polar surface area (TPSA) is 83.8 Å². The Hall–Kier alpha value is -2.05. The molecule has 0 saturated heterocycles. The van der Waals surface area contributed by atoms with E-state index in [1.54, 1.807) is 0 Å².